The first kappa shape index (κ1) is 25.1. The summed E-state index contributed by atoms with van der Waals surface area (Å²) in [5.74, 6) is -0.712. The number of aromatic amines is 1. The van der Waals surface area contributed by atoms with Crippen LogP contribution in [-0.4, -0.2) is 51.9 Å². The maximum Gasteiger partial charge on any atom is 0.406 e. The second-order valence-electron chi connectivity index (χ2n) is 8.78. The maximum atomic E-state index is 13.4. The van der Waals surface area contributed by atoms with Crippen molar-refractivity contribution in [3.05, 3.63) is 33.1 Å². The van der Waals surface area contributed by atoms with E-state index in [2.05, 4.69) is 10.1 Å². The summed E-state index contributed by atoms with van der Waals surface area (Å²) in [5.41, 5.74) is -1.24. The SMILES string of the molecule is CC(C)C(=O)OC[C@@H](NP1(=O)OC[C@H]2O[C@@H](n3ccc(=O)[nH]c3=O)[C@](C)(Cl)[C@@H]2O1)C(C)C. The van der Waals surface area contributed by atoms with Crippen molar-refractivity contribution in [2.45, 2.75) is 64.0 Å². The van der Waals surface area contributed by atoms with Crippen LogP contribution >= 0.6 is 19.3 Å². The van der Waals surface area contributed by atoms with E-state index in [1.54, 1.807) is 20.8 Å². The second kappa shape index (κ2) is 9.40. The van der Waals surface area contributed by atoms with Gasteiger partial charge in [0.1, 0.15) is 23.7 Å². The van der Waals surface area contributed by atoms with Gasteiger partial charge in [-0.15, -0.1) is 11.6 Å². The van der Waals surface area contributed by atoms with E-state index in [-0.39, 0.29) is 31.0 Å². The molecule has 1 unspecified atom stereocenters. The van der Waals surface area contributed by atoms with Gasteiger partial charge in [0, 0.05) is 12.3 Å². The van der Waals surface area contributed by atoms with Gasteiger partial charge >= 0.3 is 19.4 Å². The molecule has 6 atom stereocenters. The first-order valence-corrected chi connectivity index (χ1v) is 12.3. The largest absolute Gasteiger partial charge is 0.464 e. The van der Waals surface area contributed by atoms with Crippen molar-refractivity contribution < 1.29 is 27.9 Å². The summed E-state index contributed by atoms with van der Waals surface area (Å²) in [6.45, 7) is 8.70. The normalized spacial score (nSPS) is 33.3. The first-order valence-electron chi connectivity index (χ1n) is 10.4. The van der Waals surface area contributed by atoms with Crippen LogP contribution in [0, 0.1) is 11.8 Å². The van der Waals surface area contributed by atoms with Crippen LogP contribution in [0.5, 0.6) is 0 Å². The molecule has 13 heteroatoms. The number of esters is 1. The molecule has 2 N–H and O–H groups in total. The van der Waals surface area contributed by atoms with Gasteiger partial charge in [-0.2, -0.15) is 0 Å². The molecule has 2 aliphatic rings. The molecule has 0 amide bonds. The van der Waals surface area contributed by atoms with E-state index in [0.29, 0.717) is 0 Å². The Bertz CT molecular complexity index is 1010. The summed E-state index contributed by atoms with van der Waals surface area (Å²) < 4.78 is 37.0. The van der Waals surface area contributed by atoms with E-state index in [1.807, 2.05) is 13.8 Å². The predicted molar refractivity (Wildman–Crippen MR) is 115 cm³/mol. The molecule has 3 rings (SSSR count). The molecular formula is C19H29ClN3O8P. The van der Waals surface area contributed by atoms with Gasteiger partial charge in [0.15, 0.2) is 6.23 Å². The fourth-order valence-electron chi connectivity index (χ4n) is 3.46. The van der Waals surface area contributed by atoms with Gasteiger partial charge < -0.3 is 9.47 Å². The molecule has 2 saturated heterocycles. The fourth-order valence-corrected chi connectivity index (χ4v) is 5.84. The second-order valence-corrected chi connectivity index (χ2v) is 11.3. The molecule has 3 heterocycles. The van der Waals surface area contributed by atoms with Crippen LogP contribution in [0.4, 0.5) is 0 Å². The number of H-pyrrole nitrogens is 1. The first-order chi connectivity index (χ1) is 14.8. The molecule has 11 nitrogen and oxygen atoms in total. The van der Waals surface area contributed by atoms with Gasteiger partial charge in [-0.05, 0) is 12.8 Å². The monoisotopic (exact) mass is 493 g/mol. The number of nitrogens with zero attached hydrogens (tertiary/aromatic N) is 1. The van der Waals surface area contributed by atoms with Crippen LogP contribution in [0.2, 0.25) is 0 Å². The van der Waals surface area contributed by atoms with Gasteiger partial charge in [0.2, 0.25) is 0 Å². The molecule has 0 radical (unpaired) electrons. The van der Waals surface area contributed by atoms with E-state index in [4.69, 9.17) is 30.1 Å². The minimum absolute atomic E-state index is 0.0104. The van der Waals surface area contributed by atoms with E-state index >= 15 is 0 Å². The summed E-state index contributed by atoms with van der Waals surface area (Å²) in [6, 6.07) is 0.677. The van der Waals surface area contributed by atoms with Crippen molar-refractivity contribution in [1.29, 1.82) is 0 Å². The molecule has 0 aliphatic carbocycles. The number of carbonyl (C=O) groups is 1. The van der Waals surface area contributed by atoms with Gasteiger partial charge in [-0.3, -0.25) is 28.2 Å². The summed E-state index contributed by atoms with van der Waals surface area (Å²) in [5, 5.41) is 2.85. The molecule has 0 bridgehead atoms. The lowest BCUT2D eigenvalue weighted by atomic mass is 10.0. The highest BCUT2D eigenvalue weighted by atomic mass is 35.5. The quantitative estimate of drug-likeness (QED) is 0.330. The Morgan fingerprint density at radius 2 is 2.09 bits per heavy atom. The Morgan fingerprint density at radius 3 is 2.69 bits per heavy atom. The summed E-state index contributed by atoms with van der Waals surface area (Å²) >= 11 is 6.74. The van der Waals surface area contributed by atoms with Gasteiger partial charge in [0.25, 0.3) is 5.56 Å². The molecule has 180 valence electrons. The lowest BCUT2D eigenvalue weighted by molar-refractivity contribution is -0.148. The van der Waals surface area contributed by atoms with Crippen molar-refractivity contribution in [3.8, 4) is 0 Å². The number of rotatable bonds is 7. The number of carbonyl (C=O) groups excluding carboxylic acids is 1. The lowest BCUT2D eigenvalue weighted by Gasteiger charge is -2.37. The molecular weight excluding hydrogens is 465 g/mol. The van der Waals surface area contributed by atoms with Crippen LogP contribution in [0.25, 0.3) is 0 Å². The molecule has 0 saturated carbocycles. The number of halogens is 1. The van der Waals surface area contributed by atoms with Gasteiger partial charge in [-0.1, -0.05) is 27.7 Å². The van der Waals surface area contributed by atoms with Crippen LogP contribution in [0.3, 0.4) is 0 Å². The van der Waals surface area contributed by atoms with Crippen molar-refractivity contribution in [1.82, 2.24) is 14.6 Å². The molecule has 0 aromatic carbocycles. The van der Waals surface area contributed by atoms with Crippen LogP contribution in [-0.2, 0) is 27.9 Å². The number of alkyl halides is 1. The number of ether oxygens (including phenoxy) is 2. The Morgan fingerprint density at radius 1 is 1.41 bits per heavy atom. The standard InChI is InChI=1S/C19H29ClN3O8P/c1-10(2)12(8-28-16(25)11(3)4)22-32(27)29-9-13-15(31-32)19(5,20)17(30-13)23-7-6-14(24)21-18(23)26/h6-7,10-13,15,17H,8-9H2,1-5H3,(H,22,27)(H,21,24,26)/t12-,13-,15-,17-,19-,32?/m1/s1. The number of hydrogen-bond acceptors (Lipinski definition) is 8. The molecule has 0 spiro atoms. The number of hydrogen-bond donors (Lipinski definition) is 2. The third-order valence-electron chi connectivity index (χ3n) is 5.45. The molecule has 1 aromatic rings. The van der Waals surface area contributed by atoms with Gasteiger partial charge in [0.05, 0.1) is 18.6 Å². The highest BCUT2D eigenvalue weighted by molar-refractivity contribution is 7.51. The van der Waals surface area contributed by atoms with Crippen LogP contribution in [0.1, 0.15) is 40.8 Å². The molecule has 2 aliphatic heterocycles. The topological polar surface area (TPSA) is 138 Å². The average molecular weight is 494 g/mol. The lowest BCUT2D eigenvalue weighted by Crippen LogP contribution is -2.48. The number of nitrogens with one attached hydrogen (secondary N) is 2. The number of aromatic nitrogens is 2. The van der Waals surface area contributed by atoms with Crippen LogP contribution < -0.4 is 16.3 Å². The maximum absolute atomic E-state index is 13.4. The Labute approximate surface area is 190 Å². The zero-order valence-electron chi connectivity index (χ0n) is 18.6. The third kappa shape index (κ3) is 5.18. The summed E-state index contributed by atoms with van der Waals surface area (Å²) in [6.07, 6.45) is -1.29. The highest BCUT2D eigenvalue weighted by Gasteiger charge is 2.60. The predicted octanol–water partition coefficient (Wildman–Crippen LogP) is 1.77. The van der Waals surface area contributed by atoms with E-state index in [1.165, 1.54) is 12.3 Å². The van der Waals surface area contributed by atoms with E-state index in [9.17, 15) is 18.9 Å². The Kier molecular flexibility index (Phi) is 7.39. The van der Waals surface area contributed by atoms with Gasteiger partial charge in [-0.25, -0.2) is 14.4 Å². The zero-order valence-corrected chi connectivity index (χ0v) is 20.2. The Hall–Kier alpha value is -1.49. The molecule has 2 fully saturated rings. The van der Waals surface area contributed by atoms with E-state index < -0.39 is 48.3 Å². The van der Waals surface area contributed by atoms with Crippen molar-refractivity contribution in [2.75, 3.05) is 13.2 Å². The molecule has 32 heavy (non-hydrogen) atoms. The minimum atomic E-state index is -3.85. The Balaban J connectivity index is 1.76. The summed E-state index contributed by atoms with van der Waals surface area (Å²) in [7, 11) is -3.85. The molecule has 1 aromatic heterocycles. The fraction of sp³-hybridized carbons (Fsp3) is 0.737. The average Bonchev–Trinajstić information content (AvgIpc) is 2.94. The minimum Gasteiger partial charge on any atom is -0.464 e. The van der Waals surface area contributed by atoms with E-state index in [0.717, 1.165) is 4.57 Å². The van der Waals surface area contributed by atoms with Crippen molar-refractivity contribution in [3.63, 3.8) is 0 Å². The van der Waals surface area contributed by atoms with Crippen molar-refractivity contribution in [2.24, 2.45) is 11.8 Å². The third-order valence-corrected chi connectivity index (χ3v) is 7.49. The highest BCUT2D eigenvalue weighted by Crippen LogP contribution is 2.57. The number of fused-ring (bicyclic) bond motifs is 1. The zero-order chi connectivity index (χ0) is 23.8. The summed E-state index contributed by atoms with van der Waals surface area (Å²) in [4.78, 5) is 36.3. The smallest absolute Gasteiger partial charge is 0.406 e. The van der Waals surface area contributed by atoms with Crippen molar-refractivity contribution >= 4 is 25.3 Å². The van der Waals surface area contributed by atoms with Crippen LogP contribution in [0.15, 0.2) is 21.9 Å².